The Morgan fingerprint density at radius 2 is 1.67 bits per heavy atom. The predicted octanol–water partition coefficient (Wildman–Crippen LogP) is 2.86. The van der Waals surface area contributed by atoms with Crippen LogP contribution in [0.4, 0.5) is 0 Å². The van der Waals surface area contributed by atoms with Crippen molar-refractivity contribution >= 4 is 0 Å². The summed E-state index contributed by atoms with van der Waals surface area (Å²) in [5, 5.41) is 3.89. The van der Waals surface area contributed by atoms with Gasteiger partial charge in [0.15, 0.2) is 0 Å². The van der Waals surface area contributed by atoms with Gasteiger partial charge in [0.25, 0.3) is 0 Å². The van der Waals surface area contributed by atoms with E-state index in [2.05, 4.69) is 22.0 Å². The summed E-state index contributed by atoms with van der Waals surface area (Å²) in [6.07, 6.45) is 12.7. The fourth-order valence-corrected chi connectivity index (χ4v) is 4.79. The molecule has 0 aromatic rings. The number of piperazine rings is 1. The van der Waals surface area contributed by atoms with E-state index in [0.717, 1.165) is 18.1 Å². The maximum atomic E-state index is 3.89. The number of hydrogen-bond donors (Lipinski definition) is 1. The zero-order valence-electron chi connectivity index (χ0n) is 14.0. The van der Waals surface area contributed by atoms with Crippen LogP contribution in [0.2, 0.25) is 0 Å². The molecule has 3 rings (SSSR count). The molecule has 1 N–H and O–H groups in total. The Morgan fingerprint density at radius 1 is 0.857 bits per heavy atom. The summed E-state index contributed by atoms with van der Waals surface area (Å²) in [5.74, 6) is 0. The minimum Gasteiger partial charge on any atom is -0.312 e. The fourth-order valence-electron chi connectivity index (χ4n) is 4.79. The van der Waals surface area contributed by atoms with Gasteiger partial charge >= 0.3 is 0 Å². The number of rotatable bonds is 4. The zero-order valence-corrected chi connectivity index (χ0v) is 14.0. The lowest BCUT2D eigenvalue weighted by Crippen LogP contribution is -2.58. The van der Waals surface area contributed by atoms with Gasteiger partial charge in [-0.1, -0.05) is 32.6 Å². The molecule has 0 aromatic heterocycles. The third-order valence-corrected chi connectivity index (χ3v) is 5.97. The van der Waals surface area contributed by atoms with Crippen molar-refractivity contribution in [3.63, 3.8) is 0 Å². The van der Waals surface area contributed by atoms with Crippen LogP contribution in [0.3, 0.4) is 0 Å². The van der Waals surface area contributed by atoms with Crippen LogP contribution in [0, 0.1) is 0 Å². The summed E-state index contributed by atoms with van der Waals surface area (Å²) >= 11 is 0. The zero-order chi connectivity index (χ0) is 14.5. The first-order chi connectivity index (χ1) is 10.4. The largest absolute Gasteiger partial charge is 0.312 e. The molecule has 0 bridgehead atoms. The van der Waals surface area contributed by atoms with Gasteiger partial charge in [-0.25, -0.2) is 0 Å². The number of nitrogens with zero attached hydrogens (tertiary/aromatic N) is 2. The van der Waals surface area contributed by atoms with Crippen molar-refractivity contribution in [2.75, 3.05) is 32.7 Å². The second-order valence-electron chi connectivity index (χ2n) is 7.45. The SMILES string of the molecule is CCCNC1CCCCCCC1N1CCN2CCCC2C1. The van der Waals surface area contributed by atoms with E-state index in [1.807, 2.05) is 0 Å². The lowest BCUT2D eigenvalue weighted by molar-refractivity contribution is 0.0479. The molecule has 122 valence electrons. The molecule has 3 fully saturated rings. The highest BCUT2D eigenvalue weighted by Crippen LogP contribution is 2.27. The molecule has 3 heteroatoms. The van der Waals surface area contributed by atoms with Gasteiger partial charge in [0.05, 0.1) is 0 Å². The molecule has 2 heterocycles. The summed E-state index contributed by atoms with van der Waals surface area (Å²) < 4.78 is 0. The summed E-state index contributed by atoms with van der Waals surface area (Å²) in [7, 11) is 0. The molecular weight excluding hydrogens is 258 g/mol. The van der Waals surface area contributed by atoms with Crippen LogP contribution in [-0.4, -0.2) is 60.6 Å². The fraction of sp³-hybridized carbons (Fsp3) is 1.00. The number of fused-ring (bicyclic) bond motifs is 1. The Hall–Kier alpha value is -0.120. The van der Waals surface area contributed by atoms with E-state index in [9.17, 15) is 0 Å². The summed E-state index contributed by atoms with van der Waals surface area (Å²) in [4.78, 5) is 5.61. The van der Waals surface area contributed by atoms with Crippen LogP contribution in [-0.2, 0) is 0 Å². The van der Waals surface area contributed by atoms with Crippen molar-refractivity contribution in [3.05, 3.63) is 0 Å². The lowest BCUT2D eigenvalue weighted by atomic mass is 9.90. The van der Waals surface area contributed by atoms with Crippen LogP contribution in [0.25, 0.3) is 0 Å². The Labute approximate surface area is 131 Å². The highest BCUT2D eigenvalue weighted by atomic mass is 15.3. The van der Waals surface area contributed by atoms with E-state index in [-0.39, 0.29) is 0 Å². The third-order valence-electron chi connectivity index (χ3n) is 5.97. The van der Waals surface area contributed by atoms with Crippen molar-refractivity contribution in [3.8, 4) is 0 Å². The highest BCUT2D eigenvalue weighted by molar-refractivity contribution is 4.93. The van der Waals surface area contributed by atoms with Gasteiger partial charge in [-0.15, -0.1) is 0 Å². The maximum Gasteiger partial charge on any atom is 0.0250 e. The van der Waals surface area contributed by atoms with E-state index >= 15 is 0 Å². The minimum absolute atomic E-state index is 0.748. The van der Waals surface area contributed by atoms with Crippen molar-refractivity contribution < 1.29 is 0 Å². The van der Waals surface area contributed by atoms with Crippen LogP contribution in [0.15, 0.2) is 0 Å². The average Bonchev–Trinajstić information content (AvgIpc) is 2.94. The lowest BCUT2D eigenvalue weighted by Gasteiger charge is -2.45. The van der Waals surface area contributed by atoms with Crippen molar-refractivity contribution in [2.24, 2.45) is 0 Å². The molecule has 3 unspecified atom stereocenters. The molecule has 21 heavy (non-hydrogen) atoms. The van der Waals surface area contributed by atoms with Gasteiger partial charge in [0.2, 0.25) is 0 Å². The van der Waals surface area contributed by atoms with Gasteiger partial charge < -0.3 is 5.32 Å². The molecule has 1 saturated carbocycles. The molecular formula is C18H35N3. The summed E-state index contributed by atoms with van der Waals surface area (Å²) in [5.41, 5.74) is 0. The van der Waals surface area contributed by atoms with Crippen LogP contribution in [0.5, 0.6) is 0 Å². The Bertz CT molecular complexity index is 305. The van der Waals surface area contributed by atoms with Gasteiger partial charge in [-0.05, 0) is 45.2 Å². The first-order valence-electron chi connectivity index (χ1n) is 9.60. The van der Waals surface area contributed by atoms with Gasteiger partial charge in [-0.2, -0.15) is 0 Å². The molecule has 2 aliphatic heterocycles. The standard InChI is InChI=1S/C18H35N3/c1-2-11-19-17-9-5-3-4-6-10-18(17)21-14-13-20-12-7-8-16(20)15-21/h16-19H,2-15H2,1H3. The number of nitrogens with one attached hydrogen (secondary N) is 1. The normalized spacial score (nSPS) is 36.1. The second kappa shape index (κ2) is 7.94. The molecule has 0 amide bonds. The topological polar surface area (TPSA) is 18.5 Å². The van der Waals surface area contributed by atoms with Gasteiger partial charge in [-0.3, -0.25) is 9.80 Å². The quantitative estimate of drug-likeness (QED) is 0.860. The van der Waals surface area contributed by atoms with E-state index in [0.29, 0.717) is 0 Å². The van der Waals surface area contributed by atoms with Crippen LogP contribution < -0.4 is 5.32 Å². The van der Waals surface area contributed by atoms with Gasteiger partial charge in [0.1, 0.15) is 0 Å². The van der Waals surface area contributed by atoms with Crippen LogP contribution in [0.1, 0.15) is 64.7 Å². The van der Waals surface area contributed by atoms with E-state index in [1.54, 1.807) is 0 Å². The molecule has 0 radical (unpaired) electrons. The Balaban J connectivity index is 1.62. The average molecular weight is 293 g/mol. The van der Waals surface area contributed by atoms with E-state index in [4.69, 9.17) is 0 Å². The molecule has 2 saturated heterocycles. The highest BCUT2D eigenvalue weighted by Gasteiger charge is 2.35. The van der Waals surface area contributed by atoms with Gasteiger partial charge in [0, 0.05) is 37.8 Å². The molecule has 1 aliphatic carbocycles. The van der Waals surface area contributed by atoms with Crippen molar-refractivity contribution in [1.29, 1.82) is 0 Å². The Kier molecular flexibility index (Phi) is 5.96. The predicted molar refractivity (Wildman–Crippen MR) is 89.7 cm³/mol. The summed E-state index contributed by atoms with van der Waals surface area (Å²) in [6, 6.07) is 2.42. The van der Waals surface area contributed by atoms with E-state index in [1.165, 1.54) is 90.5 Å². The smallest absolute Gasteiger partial charge is 0.0250 e. The molecule has 3 nitrogen and oxygen atoms in total. The molecule has 0 aromatic carbocycles. The second-order valence-corrected chi connectivity index (χ2v) is 7.45. The number of hydrogen-bond acceptors (Lipinski definition) is 3. The minimum atomic E-state index is 0.748. The van der Waals surface area contributed by atoms with E-state index < -0.39 is 0 Å². The molecule has 3 aliphatic rings. The monoisotopic (exact) mass is 293 g/mol. The van der Waals surface area contributed by atoms with Crippen molar-refractivity contribution in [2.45, 2.75) is 82.8 Å². The Morgan fingerprint density at radius 3 is 2.52 bits per heavy atom. The van der Waals surface area contributed by atoms with Crippen LogP contribution >= 0.6 is 0 Å². The first-order valence-corrected chi connectivity index (χ1v) is 9.60. The molecule has 0 spiro atoms. The first kappa shape index (κ1) is 15.8. The summed E-state index contributed by atoms with van der Waals surface area (Å²) in [6.45, 7) is 8.83. The van der Waals surface area contributed by atoms with Crippen molar-refractivity contribution in [1.82, 2.24) is 15.1 Å². The maximum absolute atomic E-state index is 3.89. The molecule has 3 atom stereocenters. The third kappa shape index (κ3) is 4.00.